The van der Waals surface area contributed by atoms with Gasteiger partial charge in [-0.15, -0.1) is 0 Å². The van der Waals surface area contributed by atoms with Crippen molar-refractivity contribution in [3.63, 3.8) is 0 Å². The molecule has 1 aromatic rings. The number of aromatic nitrogens is 1. The van der Waals surface area contributed by atoms with Crippen molar-refractivity contribution >= 4 is 11.6 Å². The normalized spacial score (nSPS) is 23.5. The van der Waals surface area contributed by atoms with Crippen LogP contribution in [0.3, 0.4) is 0 Å². The average Bonchev–Trinajstić information content (AvgIpc) is 2.79. The Labute approximate surface area is 108 Å². The van der Waals surface area contributed by atoms with Gasteiger partial charge in [-0.25, -0.2) is 4.98 Å². The van der Waals surface area contributed by atoms with Gasteiger partial charge in [0, 0.05) is 24.6 Å². The lowest BCUT2D eigenvalue weighted by atomic mass is 9.71. The van der Waals surface area contributed by atoms with Crippen molar-refractivity contribution < 1.29 is 4.79 Å². The SMILES string of the molecule is CC(C)C1(C(=O)Cc2ccnc(N)c2)CCNC1. The molecule has 1 aliphatic heterocycles. The van der Waals surface area contributed by atoms with E-state index in [4.69, 9.17) is 5.73 Å². The molecule has 1 saturated heterocycles. The lowest BCUT2D eigenvalue weighted by Gasteiger charge is -2.31. The van der Waals surface area contributed by atoms with Crippen LogP contribution >= 0.6 is 0 Å². The second kappa shape index (κ2) is 5.06. The molecule has 4 heteroatoms. The predicted octanol–water partition coefficient (Wildman–Crippen LogP) is 1.41. The highest BCUT2D eigenvalue weighted by Crippen LogP contribution is 2.36. The summed E-state index contributed by atoms with van der Waals surface area (Å²) in [6.07, 6.45) is 3.05. The van der Waals surface area contributed by atoms with Gasteiger partial charge in [0.05, 0.1) is 0 Å². The summed E-state index contributed by atoms with van der Waals surface area (Å²) in [6, 6.07) is 3.65. The van der Waals surface area contributed by atoms with Crippen LogP contribution in [0.15, 0.2) is 18.3 Å². The van der Waals surface area contributed by atoms with Gasteiger partial charge in [0.25, 0.3) is 0 Å². The van der Waals surface area contributed by atoms with Gasteiger partial charge in [0.15, 0.2) is 0 Å². The number of anilines is 1. The number of rotatable bonds is 4. The number of nitrogens with two attached hydrogens (primary N) is 1. The number of ketones is 1. The van der Waals surface area contributed by atoms with Gasteiger partial charge in [0.1, 0.15) is 11.6 Å². The van der Waals surface area contributed by atoms with E-state index < -0.39 is 0 Å². The van der Waals surface area contributed by atoms with E-state index in [0.29, 0.717) is 23.9 Å². The van der Waals surface area contributed by atoms with Crippen molar-refractivity contribution in [1.82, 2.24) is 10.3 Å². The monoisotopic (exact) mass is 247 g/mol. The van der Waals surface area contributed by atoms with Crippen LogP contribution in [0.5, 0.6) is 0 Å². The molecule has 0 bridgehead atoms. The number of carbonyl (C=O) groups is 1. The Bertz CT molecular complexity index is 436. The van der Waals surface area contributed by atoms with Gasteiger partial charge >= 0.3 is 0 Å². The van der Waals surface area contributed by atoms with E-state index in [-0.39, 0.29) is 5.41 Å². The summed E-state index contributed by atoms with van der Waals surface area (Å²) in [7, 11) is 0. The van der Waals surface area contributed by atoms with Gasteiger partial charge in [-0.2, -0.15) is 0 Å². The Morgan fingerprint density at radius 3 is 2.94 bits per heavy atom. The number of nitrogen functional groups attached to an aromatic ring is 1. The van der Waals surface area contributed by atoms with Crippen molar-refractivity contribution in [2.75, 3.05) is 18.8 Å². The fourth-order valence-corrected chi connectivity index (χ4v) is 2.73. The molecular weight excluding hydrogens is 226 g/mol. The van der Waals surface area contributed by atoms with E-state index in [1.807, 2.05) is 6.07 Å². The predicted molar refractivity (Wildman–Crippen MR) is 72.1 cm³/mol. The van der Waals surface area contributed by atoms with Crippen LogP contribution in [0.1, 0.15) is 25.8 Å². The largest absolute Gasteiger partial charge is 0.384 e. The van der Waals surface area contributed by atoms with Gasteiger partial charge in [-0.3, -0.25) is 4.79 Å². The van der Waals surface area contributed by atoms with Crippen LogP contribution in [-0.4, -0.2) is 23.9 Å². The Kier molecular flexibility index (Phi) is 3.66. The third-order valence-corrected chi connectivity index (χ3v) is 4.06. The first-order valence-corrected chi connectivity index (χ1v) is 6.49. The van der Waals surface area contributed by atoms with Crippen LogP contribution in [0.4, 0.5) is 5.82 Å². The summed E-state index contributed by atoms with van der Waals surface area (Å²) < 4.78 is 0. The van der Waals surface area contributed by atoms with Crippen LogP contribution in [0.2, 0.25) is 0 Å². The van der Waals surface area contributed by atoms with Crippen molar-refractivity contribution in [2.45, 2.75) is 26.7 Å². The molecule has 1 aliphatic rings. The number of nitrogens with zero attached hydrogens (tertiary/aromatic N) is 1. The minimum Gasteiger partial charge on any atom is -0.384 e. The zero-order valence-electron chi connectivity index (χ0n) is 11.1. The molecule has 0 radical (unpaired) electrons. The van der Waals surface area contributed by atoms with Crippen LogP contribution in [-0.2, 0) is 11.2 Å². The Balaban J connectivity index is 2.16. The first kappa shape index (κ1) is 13.0. The topological polar surface area (TPSA) is 68.0 Å². The molecule has 0 saturated carbocycles. The third-order valence-electron chi connectivity index (χ3n) is 4.06. The standard InChI is InChI=1S/C14H21N3O/c1-10(2)14(4-6-16-9-14)12(18)7-11-3-5-17-13(15)8-11/h3,5,8,10,16H,4,6-7,9H2,1-2H3,(H2,15,17). The van der Waals surface area contributed by atoms with Crippen LogP contribution in [0, 0.1) is 11.3 Å². The number of Topliss-reactive ketones (excluding diaryl/α,β-unsaturated/α-hetero) is 1. The molecule has 2 heterocycles. The maximum absolute atomic E-state index is 12.6. The number of carbonyl (C=O) groups excluding carboxylic acids is 1. The van der Waals surface area contributed by atoms with Gasteiger partial charge in [-0.05, 0) is 36.6 Å². The Hall–Kier alpha value is -1.42. The lowest BCUT2D eigenvalue weighted by molar-refractivity contribution is -0.129. The number of nitrogens with one attached hydrogen (secondary N) is 1. The summed E-state index contributed by atoms with van der Waals surface area (Å²) in [5.74, 6) is 1.15. The van der Waals surface area contributed by atoms with Crippen molar-refractivity contribution in [3.8, 4) is 0 Å². The molecule has 0 amide bonds. The molecule has 1 unspecified atom stereocenters. The molecule has 0 aromatic carbocycles. The number of hydrogen-bond donors (Lipinski definition) is 2. The highest BCUT2D eigenvalue weighted by atomic mass is 16.1. The number of pyridine rings is 1. The molecule has 0 spiro atoms. The molecule has 1 atom stereocenters. The first-order chi connectivity index (χ1) is 8.54. The molecule has 0 aliphatic carbocycles. The smallest absolute Gasteiger partial charge is 0.144 e. The second-order valence-electron chi connectivity index (χ2n) is 5.43. The third kappa shape index (κ3) is 2.38. The molecular formula is C14H21N3O. The lowest BCUT2D eigenvalue weighted by Crippen LogP contribution is -2.39. The summed E-state index contributed by atoms with van der Waals surface area (Å²) in [5.41, 5.74) is 6.39. The maximum atomic E-state index is 12.6. The van der Waals surface area contributed by atoms with Gasteiger partial charge in [0.2, 0.25) is 0 Å². The summed E-state index contributed by atoms with van der Waals surface area (Å²) in [5, 5.41) is 3.31. The minimum absolute atomic E-state index is 0.210. The molecule has 3 N–H and O–H groups in total. The molecule has 1 aromatic heterocycles. The fraction of sp³-hybridized carbons (Fsp3) is 0.571. The first-order valence-electron chi connectivity index (χ1n) is 6.49. The Morgan fingerprint density at radius 2 is 2.39 bits per heavy atom. The van der Waals surface area contributed by atoms with Gasteiger partial charge < -0.3 is 11.1 Å². The van der Waals surface area contributed by atoms with Crippen molar-refractivity contribution in [1.29, 1.82) is 0 Å². The van der Waals surface area contributed by atoms with Crippen molar-refractivity contribution in [3.05, 3.63) is 23.9 Å². The molecule has 98 valence electrons. The highest BCUT2D eigenvalue weighted by Gasteiger charge is 2.43. The van der Waals surface area contributed by atoms with E-state index in [9.17, 15) is 4.79 Å². The molecule has 2 rings (SSSR count). The molecule has 18 heavy (non-hydrogen) atoms. The zero-order valence-corrected chi connectivity index (χ0v) is 11.1. The maximum Gasteiger partial charge on any atom is 0.144 e. The highest BCUT2D eigenvalue weighted by molar-refractivity contribution is 5.87. The number of hydrogen-bond acceptors (Lipinski definition) is 4. The van der Waals surface area contributed by atoms with E-state index in [0.717, 1.165) is 25.1 Å². The summed E-state index contributed by atoms with van der Waals surface area (Å²) >= 11 is 0. The Morgan fingerprint density at radius 1 is 1.61 bits per heavy atom. The molecule has 4 nitrogen and oxygen atoms in total. The quantitative estimate of drug-likeness (QED) is 0.844. The summed E-state index contributed by atoms with van der Waals surface area (Å²) in [4.78, 5) is 16.5. The second-order valence-corrected chi connectivity index (χ2v) is 5.43. The molecule has 1 fully saturated rings. The summed E-state index contributed by atoms with van der Waals surface area (Å²) in [6.45, 7) is 5.99. The van der Waals surface area contributed by atoms with E-state index in [1.165, 1.54) is 0 Å². The van der Waals surface area contributed by atoms with Crippen LogP contribution < -0.4 is 11.1 Å². The van der Waals surface area contributed by atoms with E-state index >= 15 is 0 Å². The van der Waals surface area contributed by atoms with E-state index in [1.54, 1.807) is 12.3 Å². The van der Waals surface area contributed by atoms with E-state index in [2.05, 4.69) is 24.1 Å². The zero-order chi connectivity index (χ0) is 13.2. The van der Waals surface area contributed by atoms with Gasteiger partial charge in [-0.1, -0.05) is 13.8 Å². The van der Waals surface area contributed by atoms with Crippen LogP contribution in [0.25, 0.3) is 0 Å². The van der Waals surface area contributed by atoms with Crippen molar-refractivity contribution in [2.24, 2.45) is 11.3 Å². The average molecular weight is 247 g/mol. The minimum atomic E-state index is -0.210. The fourth-order valence-electron chi connectivity index (χ4n) is 2.73.